The first-order chi connectivity index (χ1) is 13.5. The number of carbonyl (C=O) groups is 1. The summed E-state index contributed by atoms with van der Waals surface area (Å²) in [5, 5.41) is 3.97. The molecule has 1 aliphatic rings. The molecule has 5 heteroatoms. The summed E-state index contributed by atoms with van der Waals surface area (Å²) in [6, 6.07) is 15.9. The summed E-state index contributed by atoms with van der Waals surface area (Å²) in [5.41, 5.74) is 4.42. The number of aryl methyl sites for hydroxylation is 1. The molecule has 0 aliphatic carbocycles. The number of nitrogens with one attached hydrogen (secondary N) is 1. The van der Waals surface area contributed by atoms with Crippen molar-refractivity contribution in [2.24, 2.45) is 0 Å². The highest BCUT2D eigenvalue weighted by Gasteiger charge is 2.25. The lowest BCUT2D eigenvalue weighted by atomic mass is 10.0. The standard InChI is InChI=1S/C23H23BrN2O2/c1-14-5-7-16(8-6-14)21-13-19(18-12-17(24)9-10-20(18)26-21)23(27)25-15(2)22-4-3-11-28-22/h5-10,12-13,15,22H,3-4,11H2,1-2H3,(H,25,27). The maximum atomic E-state index is 13.2. The third kappa shape index (κ3) is 3.96. The summed E-state index contributed by atoms with van der Waals surface area (Å²) in [5.74, 6) is -0.0955. The highest BCUT2D eigenvalue weighted by atomic mass is 79.9. The van der Waals surface area contributed by atoms with Crippen LogP contribution < -0.4 is 5.32 Å². The molecule has 0 bridgehead atoms. The second kappa shape index (κ2) is 8.02. The maximum Gasteiger partial charge on any atom is 0.252 e. The predicted octanol–water partition coefficient (Wildman–Crippen LogP) is 5.27. The van der Waals surface area contributed by atoms with Gasteiger partial charge in [0.15, 0.2) is 0 Å². The number of hydrogen-bond acceptors (Lipinski definition) is 3. The minimum atomic E-state index is -0.0955. The Bertz CT molecular complexity index is 1010. The Balaban J connectivity index is 1.75. The Labute approximate surface area is 173 Å². The average Bonchev–Trinajstić information content (AvgIpc) is 3.22. The SMILES string of the molecule is Cc1ccc(-c2cc(C(=O)NC(C)C3CCCO3)c3cc(Br)ccc3n2)cc1. The molecule has 0 spiro atoms. The molecule has 144 valence electrons. The predicted molar refractivity (Wildman–Crippen MR) is 116 cm³/mol. The molecule has 2 aromatic carbocycles. The molecule has 28 heavy (non-hydrogen) atoms. The lowest BCUT2D eigenvalue weighted by Gasteiger charge is -2.20. The molecule has 1 fully saturated rings. The zero-order valence-electron chi connectivity index (χ0n) is 16.0. The summed E-state index contributed by atoms with van der Waals surface area (Å²) < 4.78 is 6.65. The number of nitrogens with zero attached hydrogens (tertiary/aromatic N) is 1. The number of rotatable bonds is 4. The van der Waals surface area contributed by atoms with Crippen molar-refractivity contribution in [3.63, 3.8) is 0 Å². The first kappa shape index (κ1) is 19.1. The van der Waals surface area contributed by atoms with E-state index in [0.717, 1.165) is 46.1 Å². The van der Waals surface area contributed by atoms with Crippen LogP contribution in [0.5, 0.6) is 0 Å². The molecule has 2 unspecified atom stereocenters. The van der Waals surface area contributed by atoms with E-state index in [1.165, 1.54) is 5.56 Å². The summed E-state index contributed by atoms with van der Waals surface area (Å²) in [6.45, 7) is 4.84. The van der Waals surface area contributed by atoms with Crippen LogP contribution in [-0.2, 0) is 4.74 Å². The van der Waals surface area contributed by atoms with E-state index in [4.69, 9.17) is 9.72 Å². The monoisotopic (exact) mass is 438 g/mol. The Hall–Kier alpha value is -2.24. The number of amides is 1. The normalized spacial score (nSPS) is 17.6. The molecule has 0 saturated carbocycles. The highest BCUT2D eigenvalue weighted by molar-refractivity contribution is 9.10. The van der Waals surface area contributed by atoms with Crippen LogP contribution in [0.2, 0.25) is 0 Å². The van der Waals surface area contributed by atoms with Crippen LogP contribution in [0.3, 0.4) is 0 Å². The van der Waals surface area contributed by atoms with E-state index in [9.17, 15) is 4.79 Å². The van der Waals surface area contributed by atoms with Gasteiger partial charge in [-0.15, -0.1) is 0 Å². The van der Waals surface area contributed by atoms with Gasteiger partial charge in [0.1, 0.15) is 0 Å². The van der Waals surface area contributed by atoms with Gasteiger partial charge in [0, 0.05) is 22.0 Å². The molecule has 1 amide bonds. The van der Waals surface area contributed by atoms with E-state index in [1.807, 2.05) is 43.3 Å². The maximum absolute atomic E-state index is 13.2. The van der Waals surface area contributed by atoms with Crippen molar-refractivity contribution in [2.45, 2.75) is 38.8 Å². The molecule has 1 N–H and O–H groups in total. The number of benzene rings is 2. The van der Waals surface area contributed by atoms with Crippen LogP contribution in [0.1, 0.15) is 35.7 Å². The topological polar surface area (TPSA) is 51.2 Å². The van der Waals surface area contributed by atoms with Crippen LogP contribution in [-0.4, -0.2) is 29.6 Å². The lowest BCUT2D eigenvalue weighted by molar-refractivity contribution is 0.0713. The van der Waals surface area contributed by atoms with E-state index in [2.05, 4.69) is 40.3 Å². The Morgan fingerprint density at radius 2 is 2.00 bits per heavy atom. The number of aromatic nitrogens is 1. The third-order valence-corrected chi connectivity index (χ3v) is 5.74. The number of ether oxygens (including phenoxy) is 1. The Morgan fingerprint density at radius 1 is 1.21 bits per heavy atom. The van der Waals surface area contributed by atoms with Crippen LogP contribution in [0.25, 0.3) is 22.2 Å². The zero-order valence-corrected chi connectivity index (χ0v) is 17.6. The Kier molecular flexibility index (Phi) is 5.47. The number of hydrogen-bond donors (Lipinski definition) is 1. The molecule has 1 saturated heterocycles. The van der Waals surface area contributed by atoms with E-state index >= 15 is 0 Å². The molecule has 2 atom stereocenters. The molecule has 0 radical (unpaired) electrons. The van der Waals surface area contributed by atoms with Crippen molar-refractivity contribution in [1.29, 1.82) is 0 Å². The highest BCUT2D eigenvalue weighted by Crippen LogP contribution is 2.28. The van der Waals surface area contributed by atoms with Gasteiger partial charge < -0.3 is 10.1 Å². The molecule has 2 heterocycles. The number of fused-ring (bicyclic) bond motifs is 1. The second-order valence-electron chi connectivity index (χ2n) is 7.40. The van der Waals surface area contributed by atoms with E-state index in [-0.39, 0.29) is 18.1 Å². The first-order valence-corrected chi connectivity index (χ1v) is 10.4. The van der Waals surface area contributed by atoms with Crippen LogP contribution in [0.15, 0.2) is 53.0 Å². The minimum Gasteiger partial charge on any atom is -0.376 e. The van der Waals surface area contributed by atoms with Gasteiger partial charge in [0.25, 0.3) is 5.91 Å². The van der Waals surface area contributed by atoms with Crippen molar-refractivity contribution < 1.29 is 9.53 Å². The molecule has 1 aliphatic heterocycles. The fourth-order valence-electron chi connectivity index (χ4n) is 3.63. The van der Waals surface area contributed by atoms with Gasteiger partial charge in [0.2, 0.25) is 0 Å². The first-order valence-electron chi connectivity index (χ1n) is 9.61. The summed E-state index contributed by atoms with van der Waals surface area (Å²) >= 11 is 3.51. The quantitative estimate of drug-likeness (QED) is 0.603. The fraction of sp³-hybridized carbons (Fsp3) is 0.304. The lowest BCUT2D eigenvalue weighted by Crippen LogP contribution is -2.40. The third-order valence-electron chi connectivity index (χ3n) is 5.24. The van der Waals surface area contributed by atoms with Crippen molar-refractivity contribution in [3.8, 4) is 11.3 Å². The summed E-state index contributed by atoms with van der Waals surface area (Å²) in [4.78, 5) is 18.0. The van der Waals surface area contributed by atoms with Gasteiger partial charge in [-0.1, -0.05) is 45.8 Å². The van der Waals surface area contributed by atoms with Gasteiger partial charge in [-0.2, -0.15) is 0 Å². The Morgan fingerprint density at radius 3 is 2.71 bits per heavy atom. The van der Waals surface area contributed by atoms with E-state index in [0.29, 0.717) is 5.56 Å². The van der Waals surface area contributed by atoms with Crippen molar-refractivity contribution >= 4 is 32.7 Å². The number of carbonyl (C=O) groups excluding carboxylic acids is 1. The van der Waals surface area contributed by atoms with E-state index in [1.54, 1.807) is 0 Å². The van der Waals surface area contributed by atoms with Gasteiger partial charge >= 0.3 is 0 Å². The molecular weight excluding hydrogens is 416 g/mol. The van der Waals surface area contributed by atoms with Gasteiger partial charge in [-0.3, -0.25) is 4.79 Å². The molecule has 4 rings (SSSR count). The van der Waals surface area contributed by atoms with Crippen molar-refractivity contribution in [3.05, 3.63) is 64.1 Å². The van der Waals surface area contributed by atoms with Gasteiger partial charge in [-0.25, -0.2) is 4.98 Å². The minimum absolute atomic E-state index is 0.0341. The van der Waals surface area contributed by atoms with Crippen molar-refractivity contribution in [2.75, 3.05) is 6.61 Å². The fourth-order valence-corrected chi connectivity index (χ4v) is 3.99. The van der Waals surface area contributed by atoms with E-state index < -0.39 is 0 Å². The van der Waals surface area contributed by atoms with Gasteiger partial charge in [0.05, 0.1) is 28.9 Å². The largest absolute Gasteiger partial charge is 0.376 e. The average molecular weight is 439 g/mol. The number of halogens is 1. The number of pyridine rings is 1. The molecule has 3 aromatic rings. The zero-order chi connectivity index (χ0) is 19.7. The van der Waals surface area contributed by atoms with Gasteiger partial charge in [-0.05, 0) is 51.0 Å². The molecule has 4 nitrogen and oxygen atoms in total. The molecule has 1 aromatic heterocycles. The van der Waals surface area contributed by atoms with Crippen LogP contribution in [0, 0.1) is 6.92 Å². The molecular formula is C23H23BrN2O2. The van der Waals surface area contributed by atoms with Crippen LogP contribution in [0.4, 0.5) is 0 Å². The smallest absolute Gasteiger partial charge is 0.252 e. The summed E-state index contributed by atoms with van der Waals surface area (Å²) in [6.07, 6.45) is 2.12. The second-order valence-corrected chi connectivity index (χ2v) is 8.31. The van der Waals surface area contributed by atoms with Crippen molar-refractivity contribution in [1.82, 2.24) is 10.3 Å². The summed E-state index contributed by atoms with van der Waals surface area (Å²) in [7, 11) is 0. The van der Waals surface area contributed by atoms with Crippen LogP contribution >= 0.6 is 15.9 Å².